The van der Waals surface area contributed by atoms with Crippen LogP contribution in [0.25, 0.3) is 0 Å². The lowest BCUT2D eigenvalue weighted by molar-refractivity contribution is 0.0935. The molecule has 0 spiro atoms. The first-order chi connectivity index (χ1) is 9.51. The number of aromatic nitrogens is 1. The highest BCUT2D eigenvalue weighted by Gasteiger charge is 2.15. The fourth-order valence-corrected chi connectivity index (χ4v) is 2.82. The molecule has 1 atom stereocenters. The Hall–Kier alpha value is -1.72. The molecule has 0 saturated carbocycles. The van der Waals surface area contributed by atoms with Gasteiger partial charge >= 0.3 is 0 Å². The van der Waals surface area contributed by atoms with Gasteiger partial charge in [-0.3, -0.25) is 4.79 Å². The minimum atomic E-state index is -0.159. The highest BCUT2D eigenvalue weighted by atomic mass is 32.1. The fourth-order valence-electron chi connectivity index (χ4n) is 2.17. The minimum absolute atomic E-state index is 0.0499. The van der Waals surface area contributed by atoms with Crippen molar-refractivity contribution in [1.29, 1.82) is 0 Å². The molecule has 0 radical (unpaired) electrons. The third-order valence-electron chi connectivity index (χ3n) is 3.20. The van der Waals surface area contributed by atoms with Crippen LogP contribution in [-0.2, 0) is 6.54 Å². The van der Waals surface area contributed by atoms with Crippen molar-refractivity contribution in [2.75, 3.05) is 0 Å². The first kappa shape index (κ1) is 14.7. The van der Waals surface area contributed by atoms with Crippen LogP contribution in [0.5, 0.6) is 0 Å². The van der Waals surface area contributed by atoms with Crippen LogP contribution in [-0.4, -0.2) is 10.9 Å². The summed E-state index contributed by atoms with van der Waals surface area (Å²) in [6.45, 7) is 6.46. The molecule has 0 fully saturated rings. The molecule has 20 heavy (non-hydrogen) atoms. The van der Waals surface area contributed by atoms with Crippen molar-refractivity contribution >= 4 is 17.2 Å². The smallest absolute Gasteiger partial charge is 0.271 e. The van der Waals surface area contributed by atoms with Crippen LogP contribution in [0.15, 0.2) is 23.6 Å². The van der Waals surface area contributed by atoms with Crippen molar-refractivity contribution in [3.05, 3.63) is 51.0 Å². The van der Waals surface area contributed by atoms with Crippen LogP contribution in [0.2, 0.25) is 0 Å². The number of thiazole rings is 1. The van der Waals surface area contributed by atoms with E-state index in [9.17, 15) is 4.79 Å². The maximum atomic E-state index is 12.1. The molecule has 4 nitrogen and oxygen atoms in total. The largest absolute Gasteiger partial charge is 0.344 e. The second-order valence-corrected chi connectivity index (χ2v) is 5.83. The molecular formula is C15H19N3OS. The zero-order valence-electron chi connectivity index (χ0n) is 11.9. The molecule has 106 valence electrons. The summed E-state index contributed by atoms with van der Waals surface area (Å²) >= 11 is 1.41. The molecule has 2 rings (SSSR count). The number of carbonyl (C=O) groups is 1. The summed E-state index contributed by atoms with van der Waals surface area (Å²) < 4.78 is 0. The molecule has 0 aliphatic heterocycles. The molecule has 1 aromatic carbocycles. The molecule has 0 saturated heterocycles. The van der Waals surface area contributed by atoms with Crippen LogP contribution in [0.3, 0.4) is 0 Å². The molecular weight excluding hydrogens is 270 g/mol. The third kappa shape index (κ3) is 3.23. The summed E-state index contributed by atoms with van der Waals surface area (Å²) in [4.78, 5) is 16.3. The lowest BCUT2D eigenvalue weighted by Crippen LogP contribution is -2.27. The molecule has 1 amide bonds. The van der Waals surface area contributed by atoms with E-state index in [1.165, 1.54) is 22.5 Å². The highest BCUT2D eigenvalue weighted by Crippen LogP contribution is 2.19. The fraction of sp³-hybridized carbons (Fsp3) is 0.333. The molecule has 1 aromatic heterocycles. The van der Waals surface area contributed by atoms with E-state index >= 15 is 0 Å². The average molecular weight is 289 g/mol. The van der Waals surface area contributed by atoms with Gasteiger partial charge in [0.05, 0.1) is 6.04 Å². The summed E-state index contributed by atoms with van der Waals surface area (Å²) in [5.74, 6) is -0.159. The highest BCUT2D eigenvalue weighted by molar-refractivity contribution is 7.09. The summed E-state index contributed by atoms with van der Waals surface area (Å²) in [6.07, 6.45) is 0. The van der Waals surface area contributed by atoms with Gasteiger partial charge in [-0.1, -0.05) is 23.8 Å². The molecule has 5 heteroatoms. The van der Waals surface area contributed by atoms with Crippen molar-refractivity contribution in [1.82, 2.24) is 10.3 Å². The van der Waals surface area contributed by atoms with Gasteiger partial charge in [0.2, 0.25) is 0 Å². The van der Waals surface area contributed by atoms with Gasteiger partial charge in [0.1, 0.15) is 10.7 Å². The third-order valence-corrected chi connectivity index (χ3v) is 4.07. The normalized spacial score (nSPS) is 12.2. The number of nitrogens with zero attached hydrogens (tertiary/aromatic N) is 1. The van der Waals surface area contributed by atoms with Gasteiger partial charge in [0.25, 0.3) is 5.91 Å². The Labute approximate surface area is 123 Å². The van der Waals surface area contributed by atoms with Crippen molar-refractivity contribution < 1.29 is 4.79 Å². The SMILES string of the molecule is Cc1ccc(C(C)NC(=O)c2csc(CN)n2)c(C)c1. The van der Waals surface area contributed by atoms with Crippen LogP contribution < -0.4 is 11.1 Å². The zero-order chi connectivity index (χ0) is 14.7. The second kappa shape index (κ2) is 6.15. The van der Waals surface area contributed by atoms with Gasteiger partial charge in [0, 0.05) is 11.9 Å². The van der Waals surface area contributed by atoms with E-state index in [1.54, 1.807) is 5.38 Å². The number of hydrogen-bond donors (Lipinski definition) is 2. The monoisotopic (exact) mass is 289 g/mol. The Morgan fingerprint density at radius 1 is 1.45 bits per heavy atom. The first-order valence-corrected chi connectivity index (χ1v) is 7.41. The van der Waals surface area contributed by atoms with Crippen LogP contribution in [0.4, 0.5) is 0 Å². The maximum Gasteiger partial charge on any atom is 0.271 e. The lowest BCUT2D eigenvalue weighted by atomic mass is 10.0. The Balaban J connectivity index is 2.10. The van der Waals surface area contributed by atoms with Gasteiger partial charge in [-0.15, -0.1) is 11.3 Å². The van der Waals surface area contributed by atoms with Gasteiger partial charge in [-0.2, -0.15) is 0 Å². The van der Waals surface area contributed by atoms with Crippen molar-refractivity contribution in [3.63, 3.8) is 0 Å². The van der Waals surface area contributed by atoms with E-state index < -0.39 is 0 Å². The zero-order valence-corrected chi connectivity index (χ0v) is 12.8. The van der Waals surface area contributed by atoms with E-state index in [-0.39, 0.29) is 11.9 Å². The van der Waals surface area contributed by atoms with Gasteiger partial charge in [0.15, 0.2) is 0 Å². The van der Waals surface area contributed by atoms with Crippen molar-refractivity contribution in [3.8, 4) is 0 Å². The van der Waals surface area contributed by atoms with E-state index in [4.69, 9.17) is 5.73 Å². The maximum absolute atomic E-state index is 12.1. The Bertz CT molecular complexity index is 621. The number of amides is 1. The molecule has 0 aliphatic carbocycles. The first-order valence-electron chi connectivity index (χ1n) is 6.53. The van der Waals surface area contributed by atoms with Crippen LogP contribution >= 0.6 is 11.3 Å². The quantitative estimate of drug-likeness (QED) is 0.909. The summed E-state index contributed by atoms with van der Waals surface area (Å²) in [5, 5.41) is 5.49. The Morgan fingerprint density at radius 3 is 2.80 bits per heavy atom. The van der Waals surface area contributed by atoms with Crippen LogP contribution in [0, 0.1) is 13.8 Å². The number of hydrogen-bond acceptors (Lipinski definition) is 4. The van der Waals surface area contributed by atoms with Gasteiger partial charge in [-0.25, -0.2) is 4.98 Å². The number of nitrogens with one attached hydrogen (secondary N) is 1. The minimum Gasteiger partial charge on any atom is -0.344 e. The lowest BCUT2D eigenvalue weighted by Gasteiger charge is -2.16. The topological polar surface area (TPSA) is 68.0 Å². The van der Waals surface area contributed by atoms with Gasteiger partial charge < -0.3 is 11.1 Å². The number of carbonyl (C=O) groups excluding carboxylic acids is 1. The van der Waals surface area contributed by atoms with E-state index in [0.29, 0.717) is 12.2 Å². The predicted octanol–water partition coefficient (Wildman–Crippen LogP) is 2.71. The molecule has 1 heterocycles. The number of benzene rings is 1. The van der Waals surface area contributed by atoms with E-state index in [1.807, 2.05) is 6.92 Å². The van der Waals surface area contributed by atoms with Crippen molar-refractivity contribution in [2.45, 2.75) is 33.4 Å². The molecule has 0 bridgehead atoms. The average Bonchev–Trinajstić information content (AvgIpc) is 2.87. The summed E-state index contributed by atoms with van der Waals surface area (Å²) in [7, 11) is 0. The second-order valence-electron chi connectivity index (χ2n) is 4.89. The summed E-state index contributed by atoms with van der Waals surface area (Å²) in [6, 6.07) is 6.18. The van der Waals surface area contributed by atoms with E-state index in [0.717, 1.165) is 10.6 Å². The molecule has 2 aromatic rings. The number of nitrogens with two attached hydrogens (primary N) is 1. The predicted molar refractivity (Wildman–Crippen MR) is 81.8 cm³/mol. The number of rotatable bonds is 4. The van der Waals surface area contributed by atoms with E-state index in [2.05, 4.69) is 42.3 Å². The van der Waals surface area contributed by atoms with Gasteiger partial charge in [-0.05, 0) is 31.9 Å². The standard InChI is InChI=1S/C15H19N3OS/c1-9-4-5-12(10(2)6-9)11(3)17-15(19)13-8-20-14(7-16)18-13/h4-6,8,11H,7,16H2,1-3H3,(H,17,19). The molecule has 3 N–H and O–H groups in total. The molecule has 1 unspecified atom stereocenters. The summed E-state index contributed by atoms with van der Waals surface area (Å²) in [5.41, 5.74) is 9.46. The Morgan fingerprint density at radius 2 is 2.20 bits per heavy atom. The Kier molecular flexibility index (Phi) is 4.52. The van der Waals surface area contributed by atoms with Crippen LogP contribution in [0.1, 0.15) is 45.2 Å². The number of aryl methyl sites for hydroxylation is 2. The molecule has 0 aliphatic rings. The van der Waals surface area contributed by atoms with Crippen molar-refractivity contribution in [2.24, 2.45) is 5.73 Å².